The average molecular weight is 261 g/mol. The van der Waals surface area contributed by atoms with Gasteiger partial charge < -0.3 is 5.32 Å². The first-order valence-electron chi connectivity index (χ1n) is 6.36. The molecular formula is C12H23NO3S. The Morgan fingerprint density at radius 3 is 2.41 bits per heavy atom. The van der Waals surface area contributed by atoms with Gasteiger partial charge in [-0.05, 0) is 31.1 Å². The van der Waals surface area contributed by atoms with Crippen molar-refractivity contribution in [2.75, 3.05) is 18.1 Å². The van der Waals surface area contributed by atoms with Gasteiger partial charge in [-0.15, -0.1) is 0 Å². The molecule has 1 fully saturated rings. The first-order chi connectivity index (χ1) is 7.89. The molecule has 0 aromatic heterocycles. The Labute approximate surface area is 104 Å². The summed E-state index contributed by atoms with van der Waals surface area (Å²) in [5, 5.41) is 2.89. The summed E-state index contributed by atoms with van der Waals surface area (Å²) < 4.78 is 22.5. The summed E-state index contributed by atoms with van der Waals surface area (Å²) in [7, 11) is -2.81. The molecule has 0 atom stereocenters. The van der Waals surface area contributed by atoms with E-state index in [0.29, 0.717) is 25.2 Å². The van der Waals surface area contributed by atoms with Gasteiger partial charge in [0.1, 0.15) is 9.84 Å². The van der Waals surface area contributed by atoms with E-state index in [4.69, 9.17) is 0 Å². The second-order valence-corrected chi connectivity index (χ2v) is 7.64. The molecule has 0 radical (unpaired) electrons. The molecule has 4 nitrogen and oxygen atoms in total. The van der Waals surface area contributed by atoms with Gasteiger partial charge in [-0.3, -0.25) is 4.79 Å². The number of amides is 1. The highest BCUT2D eigenvalue weighted by molar-refractivity contribution is 7.91. The number of carbonyl (C=O) groups excluding carboxylic acids is 1. The minimum absolute atomic E-state index is 0.0648. The Balaban J connectivity index is 2.19. The van der Waals surface area contributed by atoms with Crippen LogP contribution in [0, 0.1) is 11.8 Å². The third-order valence-electron chi connectivity index (χ3n) is 3.19. The molecule has 0 aromatic rings. The van der Waals surface area contributed by atoms with Crippen LogP contribution in [0.5, 0.6) is 0 Å². The van der Waals surface area contributed by atoms with Gasteiger partial charge >= 0.3 is 0 Å². The molecule has 100 valence electrons. The number of hydrogen-bond donors (Lipinski definition) is 1. The van der Waals surface area contributed by atoms with Crippen molar-refractivity contribution >= 4 is 15.7 Å². The maximum Gasteiger partial charge on any atom is 0.220 e. The second-order valence-electron chi connectivity index (χ2n) is 5.33. The SMILES string of the molecule is CC(C)CCNC(=O)CC1CCS(=O)(=O)CC1. The van der Waals surface area contributed by atoms with Gasteiger partial charge in [-0.1, -0.05) is 13.8 Å². The minimum atomic E-state index is -2.81. The Bertz CT molecular complexity index is 335. The van der Waals surface area contributed by atoms with Gasteiger partial charge in [-0.25, -0.2) is 8.42 Å². The van der Waals surface area contributed by atoms with E-state index in [-0.39, 0.29) is 23.3 Å². The van der Waals surface area contributed by atoms with Crippen LogP contribution in [-0.4, -0.2) is 32.4 Å². The van der Waals surface area contributed by atoms with Crippen LogP contribution in [0.2, 0.25) is 0 Å². The van der Waals surface area contributed by atoms with E-state index in [1.165, 1.54) is 0 Å². The minimum Gasteiger partial charge on any atom is -0.356 e. The topological polar surface area (TPSA) is 63.2 Å². The highest BCUT2D eigenvalue weighted by Crippen LogP contribution is 2.21. The molecule has 1 amide bonds. The molecule has 0 aromatic carbocycles. The van der Waals surface area contributed by atoms with Crippen LogP contribution >= 0.6 is 0 Å². The fourth-order valence-corrected chi connectivity index (χ4v) is 3.57. The van der Waals surface area contributed by atoms with Gasteiger partial charge in [0, 0.05) is 13.0 Å². The predicted molar refractivity (Wildman–Crippen MR) is 68.5 cm³/mol. The van der Waals surface area contributed by atoms with Crippen molar-refractivity contribution in [1.29, 1.82) is 0 Å². The lowest BCUT2D eigenvalue weighted by Crippen LogP contribution is -2.30. The predicted octanol–water partition coefficient (Wildman–Crippen LogP) is 1.36. The van der Waals surface area contributed by atoms with Crippen LogP contribution in [-0.2, 0) is 14.6 Å². The van der Waals surface area contributed by atoms with E-state index in [1.807, 2.05) is 0 Å². The summed E-state index contributed by atoms with van der Waals surface area (Å²) in [6, 6.07) is 0. The first-order valence-corrected chi connectivity index (χ1v) is 8.18. The second kappa shape index (κ2) is 6.38. The molecular weight excluding hydrogens is 238 g/mol. The smallest absolute Gasteiger partial charge is 0.220 e. The van der Waals surface area contributed by atoms with Crippen LogP contribution in [0.25, 0.3) is 0 Å². The zero-order chi connectivity index (χ0) is 12.9. The molecule has 1 N–H and O–H groups in total. The number of sulfone groups is 1. The monoisotopic (exact) mass is 261 g/mol. The first kappa shape index (κ1) is 14.5. The van der Waals surface area contributed by atoms with Crippen LogP contribution < -0.4 is 5.32 Å². The Morgan fingerprint density at radius 1 is 1.29 bits per heavy atom. The van der Waals surface area contributed by atoms with Gasteiger partial charge in [-0.2, -0.15) is 0 Å². The standard InChI is InChI=1S/C12H23NO3S/c1-10(2)3-6-13-12(14)9-11-4-7-17(15,16)8-5-11/h10-11H,3-9H2,1-2H3,(H,13,14). The summed E-state index contributed by atoms with van der Waals surface area (Å²) in [4.78, 5) is 11.6. The van der Waals surface area contributed by atoms with Gasteiger partial charge in [0.05, 0.1) is 11.5 Å². The maximum atomic E-state index is 11.6. The van der Waals surface area contributed by atoms with Crippen molar-refractivity contribution in [2.45, 2.75) is 39.5 Å². The van der Waals surface area contributed by atoms with Crippen LogP contribution in [0.4, 0.5) is 0 Å². The lowest BCUT2D eigenvalue weighted by Gasteiger charge is -2.21. The molecule has 0 saturated carbocycles. The van der Waals surface area contributed by atoms with E-state index in [0.717, 1.165) is 13.0 Å². The van der Waals surface area contributed by atoms with Gasteiger partial charge in [0.25, 0.3) is 0 Å². The molecule has 0 spiro atoms. The Morgan fingerprint density at radius 2 is 1.88 bits per heavy atom. The van der Waals surface area contributed by atoms with Crippen molar-refractivity contribution in [3.8, 4) is 0 Å². The van der Waals surface area contributed by atoms with Crippen molar-refractivity contribution in [3.05, 3.63) is 0 Å². The fourth-order valence-electron chi connectivity index (χ4n) is 1.98. The van der Waals surface area contributed by atoms with E-state index in [9.17, 15) is 13.2 Å². The molecule has 0 bridgehead atoms. The number of rotatable bonds is 5. The molecule has 1 heterocycles. The molecule has 17 heavy (non-hydrogen) atoms. The number of hydrogen-bond acceptors (Lipinski definition) is 3. The molecule has 1 aliphatic rings. The third-order valence-corrected chi connectivity index (χ3v) is 4.91. The summed E-state index contributed by atoms with van der Waals surface area (Å²) in [6.07, 6.45) is 2.75. The van der Waals surface area contributed by atoms with Crippen molar-refractivity contribution in [2.24, 2.45) is 11.8 Å². The Hall–Kier alpha value is -0.580. The zero-order valence-corrected chi connectivity index (χ0v) is 11.6. The van der Waals surface area contributed by atoms with Crippen molar-refractivity contribution < 1.29 is 13.2 Å². The van der Waals surface area contributed by atoms with E-state index >= 15 is 0 Å². The van der Waals surface area contributed by atoms with E-state index < -0.39 is 9.84 Å². The number of nitrogens with one attached hydrogen (secondary N) is 1. The third kappa shape index (κ3) is 6.05. The average Bonchev–Trinajstić information content (AvgIpc) is 2.21. The van der Waals surface area contributed by atoms with Crippen molar-refractivity contribution in [3.63, 3.8) is 0 Å². The summed E-state index contributed by atoms with van der Waals surface area (Å²) in [5.41, 5.74) is 0. The van der Waals surface area contributed by atoms with Gasteiger partial charge in [0.15, 0.2) is 0 Å². The molecule has 1 aliphatic heterocycles. The molecule has 1 rings (SSSR count). The summed E-state index contributed by atoms with van der Waals surface area (Å²) in [5.74, 6) is 1.40. The lowest BCUT2D eigenvalue weighted by atomic mass is 9.98. The molecule has 0 unspecified atom stereocenters. The summed E-state index contributed by atoms with van der Waals surface area (Å²) >= 11 is 0. The lowest BCUT2D eigenvalue weighted by molar-refractivity contribution is -0.122. The highest BCUT2D eigenvalue weighted by Gasteiger charge is 2.24. The van der Waals surface area contributed by atoms with Gasteiger partial charge in [0.2, 0.25) is 5.91 Å². The van der Waals surface area contributed by atoms with Crippen LogP contribution in [0.1, 0.15) is 39.5 Å². The van der Waals surface area contributed by atoms with E-state index in [2.05, 4.69) is 19.2 Å². The summed E-state index contributed by atoms with van der Waals surface area (Å²) in [6.45, 7) is 4.97. The molecule has 5 heteroatoms. The largest absolute Gasteiger partial charge is 0.356 e. The normalized spacial score (nSPS) is 20.4. The quantitative estimate of drug-likeness (QED) is 0.813. The van der Waals surface area contributed by atoms with E-state index in [1.54, 1.807) is 0 Å². The Kier molecular flexibility index (Phi) is 5.43. The molecule has 1 saturated heterocycles. The van der Waals surface area contributed by atoms with Crippen LogP contribution in [0.3, 0.4) is 0 Å². The maximum absolute atomic E-state index is 11.6. The number of carbonyl (C=O) groups is 1. The molecule has 0 aliphatic carbocycles. The zero-order valence-electron chi connectivity index (χ0n) is 10.7. The van der Waals surface area contributed by atoms with Crippen LogP contribution in [0.15, 0.2) is 0 Å². The van der Waals surface area contributed by atoms with Crippen molar-refractivity contribution in [1.82, 2.24) is 5.32 Å². The fraction of sp³-hybridized carbons (Fsp3) is 0.917. The highest BCUT2D eigenvalue weighted by atomic mass is 32.2.